The summed E-state index contributed by atoms with van der Waals surface area (Å²) in [6.07, 6.45) is -4.06. The van der Waals surface area contributed by atoms with Crippen molar-refractivity contribution < 1.29 is 31.1 Å². The fraction of sp³-hybridized carbons (Fsp3) is 0.462. The number of ether oxygens (including phenoxy) is 1. The summed E-state index contributed by atoms with van der Waals surface area (Å²) < 4.78 is 63.1. The molecule has 0 radical (unpaired) electrons. The second-order valence-corrected chi connectivity index (χ2v) is 7.23. The normalized spacial score (nSPS) is 20.6. The van der Waals surface area contributed by atoms with Crippen LogP contribution in [0.15, 0.2) is 24.3 Å². The van der Waals surface area contributed by atoms with E-state index >= 15 is 0 Å². The molecule has 22 heavy (non-hydrogen) atoms. The number of halogens is 3. The van der Waals surface area contributed by atoms with Gasteiger partial charge < -0.3 is 10.1 Å². The number of carbonyl (C=O) groups is 1. The van der Waals surface area contributed by atoms with Gasteiger partial charge in [0, 0.05) is 11.6 Å². The molecule has 1 aliphatic heterocycles. The molecule has 1 amide bonds. The van der Waals surface area contributed by atoms with E-state index in [1.54, 1.807) is 0 Å². The number of hydrogen-bond acceptors (Lipinski definition) is 4. The SMILES string of the molecule is O=C(N[C@H]1CCS(=O)(=O)C1)c1ccc(OCC(F)(F)F)cc1. The molecule has 5 nitrogen and oxygen atoms in total. The second-order valence-electron chi connectivity index (χ2n) is 5.00. The highest BCUT2D eigenvalue weighted by atomic mass is 32.2. The minimum absolute atomic E-state index is 0.00248. The summed E-state index contributed by atoms with van der Waals surface area (Å²) >= 11 is 0. The zero-order valence-corrected chi connectivity index (χ0v) is 12.2. The number of nitrogens with one attached hydrogen (secondary N) is 1. The summed E-state index contributed by atoms with van der Waals surface area (Å²) in [5.74, 6) is -0.518. The van der Waals surface area contributed by atoms with Gasteiger partial charge in [-0.2, -0.15) is 13.2 Å². The van der Waals surface area contributed by atoms with E-state index in [-0.39, 0.29) is 22.8 Å². The lowest BCUT2D eigenvalue weighted by Crippen LogP contribution is -2.35. The predicted molar refractivity (Wildman–Crippen MR) is 72.5 cm³/mol. The van der Waals surface area contributed by atoms with Crippen molar-refractivity contribution in [1.29, 1.82) is 0 Å². The third-order valence-corrected chi connectivity index (χ3v) is 4.85. The van der Waals surface area contributed by atoms with Gasteiger partial charge in [-0.15, -0.1) is 0 Å². The Kier molecular flexibility index (Phi) is 4.64. The molecule has 1 saturated heterocycles. The molecular formula is C13H14F3NO4S. The molecule has 0 aromatic heterocycles. The number of hydrogen-bond donors (Lipinski definition) is 1. The molecule has 1 aromatic carbocycles. The van der Waals surface area contributed by atoms with Crippen molar-refractivity contribution in [2.75, 3.05) is 18.1 Å². The van der Waals surface area contributed by atoms with E-state index in [2.05, 4.69) is 10.1 Å². The van der Waals surface area contributed by atoms with Crippen molar-refractivity contribution in [2.45, 2.75) is 18.6 Å². The van der Waals surface area contributed by atoms with Crippen LogP contribution >= 0.6 is 0 Å². The quantitative estimate of drug-likeness (QED) is 0.905. The number of sulfone groups is 1. The molecule has 1 fully saturated rings. The van der Waals surface area contributed by atoms with Crippen LogP contribution in [-0.2, 0) is 9.84 Å². The zero-order valence-electron chi connectivity index (χ0n) is 11.4. The Morgan fingerprint density at radius 2 is 1.91 bits per heavy atom. The molecule has 0 bridgehead atoms. The molecule has 1 aromatic rings. The van der Waals surface area contributed by atoms with E-state index in [0.29, 0.717) is 6.42 Å². The maximum atomic E-state index is 12.0. The Morgan fingerprint density at radius 1 is 1.27 bits per heavy atom. The largest absolute Gasteiger partial charge is 0.484 e. The van der Waals surface area contributed by atoms with Crippen LogP contribution in [0.5, 0.6) is 5.75 Å². The highest BCUT2D eigenvalue weighted by Crippen LogP contribution is 2.19. The van der Waals surface area contributed by atoms with E-state index < -0.39 is 34.6 Å². The van der Waals surface area contributed by atoms with Gasteiger partial charge in [-0.3, -0.25) is 4.79 Å². The first-order chi connectivity index (χ1) is 10.1. The Balaban J connectivity index is 1.91. The maximum absolute atomic E-state index is 12.0. The first-order valence-electron chi connectivity index (χ1n) is 6.45. The third kappa shape index (κ3) is 4.90. The summed E-state index contributed by atoms with van der Waals surface area (Å²) in [6, 6.07) is 4.73. The zero-order chi connectivity index (χ0) is 16.4. The lowest BCUT2D eigenvalue weighted by molar-refractivity contribution is -0.153. The number of carbonyl (C=O) groups excluding carboxylic acids is 1. The van der Waals surface area contributed by atoms with Gasteiger partial charge >= 0.3 is 6.18 Å². The Morgan fingerprint density at radius 3 is 2.41 bits per heavy atom. The minimum atomic E-state index is -4.43. The van der Waals surface area contributed by atoms with Crippen LogP contribution < -0.4 is 10.1 Å². The van der Waals surface area contributed by atoms with Gasteiger partial charge in [0.05, 0.1) is 11.5 Å². The van der Waals surface area contributed by atoms with Crippen LogP contribution in [-0.4, -0.2) is 44.7 Å². The molecule has 122 valence electrons. The van der Waals surface area contributed by atoms with Crippen molar-refractivity contribution >= 4 is 15.7 Å². The van der Waals surface area contributed by atoms with E-state index in [9.17, 15) is 26.4 Å². The monoisotopic (exact) mass is 337 g/mol. The maximum Gasteiger partial charge on any atom is 0.422 e. The summed E-state index contributed by atoms with van der Waals surface area (Å²) in [7, 11) is -3.09. The molecule has 0 spiro atoms. The van der Waals surface area contributed by atoms with Gasteiger partial charge in [-0.25, -0.2) is 8.42 Å². The number of rotatable bonds is 4. The molecule has 2 rings (SSSR count). The topological polar surface area (TPSA) is 72.5 Å². The van der Waals surface area contributed by atoms with Crippen LogP contribution in [0, 0.1) is 0 Å². The lowest BCUT2D eigenvalue weighted by Gasteiger charge is -2.12. The van der Waals surface area contributed by atoms with Gasteiger partial charge in [0.25, 0.3) is 5.91 Å². The third-order valence-electron chi connectivity index (χ3n) is 3.09. The molecule has 1 N–H and O–H groups in total. The van der Waals surface area contributed by atoms with Crippen molar-refractivity contribution in [3.63, 3.8) is 0 Å². The van der Waals surface area contributed by atoms with Crippen molar-refractivity contribution in [3.8, 4) is 5.75 Å². The van der Waals surface area contributed by atoms with Gasteiger partial charge in [-0.05, 0) is 30.7 Å². The molecule has 1 aliphatic rings. The average Bonchev–Trinajstić information content (AvgIpc) is 2.75. The van der Waals surface area contributed by atoms with Gasteiger partial charge in [0.2, 0.25) is 0 Å². The van der Waals surface area contributed by atoms with E-state index in [1.165, 1.54) is 24.3 Å². The molecular weight excluding hydrogens is 323 g/mol. The number of alkyl halides is 3. The highest BCUT2D eigenvalue weighted by Gasteiger charge is 2.29. The van der Waals surface area contributed by atoms with E-state index in [4.69, 9.17) is 0 Å². The Hall–Kier alpha value is -1.77. The van der Waals surface area contributed by atoms with E-state index in [1.807, 2.05) is 0 Å². The van der Waals surface area contributed by atoms with Crippen LogP contribution in [0.25, 0.3) is 0 Å². The van der Waals surface area contributed by atoms with Gasteiger partial charge in [0.1, 0.15) is 5.75 Å². The average molecular weight is 337 g/mol. The van der Waals surface area contributed by atoms with Gasteiger partial charge in [-0.1, -0.05) is 0 Å². The van der Waals surface area contributed by atoms with Crippen molar-refractivity contribution in [3.05, 3.63) is 29.8 Å². The summed E-state index contributed by atoms with van der Waals surface area (Å²) in [5.41, 5.74) is 0.226. The Bertz CT molecular complexity index is 640. The summed E-state index contributed by atoms with van der Waals surface area (Å²) in [6.45, 7) is -1.40. The van der Waals surface area contributed by atoms with Crippen LogP contribution in [0.1, 0.15) is 16.8 Å². The minimum Gasteiger partial charge on any atom is -0.484 e. The number of amides is 1. The first kappa shape index (κ1) is 16.6. The molecule has 1 atom stereocenters. The Labute approximate surface area is 125 Å². The fourth-order valence-electron chi connectivity index (χ4n) is 2.05. The molecule has 0 unspecified atom stereocenters. The van der Waals surface area contributed by atoms with Crippen LogP contribution in [0.2, 0.25) is 0 Å². The predicted octanol–water partition coefficient (Wildman–Crippen LogP) is 1.54. The standard InChI is InChI=1S/C13H14F3NO4S/c14-13(15,16)8-21-11-3-1-9(2-4-11)12(18)17-10-5-6-22(19,20)7-10/h1-4,10H,5-8H2,(H,17,18)/t10-/m0/s1. The second kappa shape index (κ2) is 6.15. The van der Waals surface area contributed by atoms with Gasteiger partial charge in [0.15, 0.2) is 16.4 Å². The number of benzene rings is 1. The van der Waals surface area contributed by atoms with Crippen LogP contribution in [0.4, 0.5) is 13.2 Å². The molecule has 0 aliphatic carbocycles. The summed E-state index contributed by atoms with van der Waals surface area (Å²) in [4.78, 5) is 11.9. The first-order valence-corrected chi connectivity index (χ1v) is 8.28. The smallest absolute Gasteiger partial charge is 0.422 e. The van der Waals surface area contributed by atoms with Crippen molar-refractivity contribution in [1.82, 2.24) is 5.32 Å². The molecule has 9 heteroatoms. The van der Waals surface area contributed by atoms with E-state index in [0.717, 1.165) is 0 Å². The summed E-state index contributed by atoms with van der Waals surface area (Å²) in [5, 5.41) is 2.59. The molecule has 1 heterocycles. The highest BCUT2D eigenvalue weighted by molar-refractivity contribution is 7.91. The van der Waals surface area contributed by atoms with Crippen molar-refractivity contribution in [2.24, 2.45) is 0 Å². The fourth-order valence-corrected chi connectivity index (χ4v) is 3.72. The molecule has 0 saturated carbocycles. The van der Waals surface area contributed by atoms with Crippen LogP contribution in [0.3, 0.4) is 0 Å². The lowest BCUT2D eigenvalue weighted by atomic mass is 10.2.